The highest BCUT2D eigenvalue weighted by atomic mass is 19.1. The molecule has 0 bridgehead atoms. The van der Waals surface area contributed by atoms with Crippen LogP contribution in [-0.2, 0) is 0 Å². The summed E-state index contributed by atoms with van der Waals surface area (Å²) in [7, 11) is 1.42. The third kappa shape index (κ3) is 2.97. The lowest BCUT2D eigenvalue weighted by atomic mass is 9.77. The van der Waals surface area contributed by atoms with Crippen molar-refractivity contribution in [3.63, 3.8) is 0 Å². The number of rotatable bonds is 3. The summed E-state index contributed by atoms with van der Waals surface area (Å²) in [5.74, 6) is -0.356. The molecule has 0 fully saturated rings. The number of methoxy groups -OCH3 is 1. The molecule has 0 radical (unpaired) electrons. The van der Waals surface area contributed by atoms with E-state index in [0.717, 1.165) is 0 Å². The van der Waals surface area contributed by atoms with Gasteiger partial charge in [-0.25, -0.2) is 4.39 Å². The van der Waals surface area contributed by atoms with Crippen LogP contribution < -0.4 is 4.74 Å². The molecule has 1 aromatic carbocycles. The van der Waals surface area contributed by atoms with Gasteiger partial charge in [0, 0.05) is 5.56 Å². The minimum absolute atomic E-state index is 0.0518. The molecule has 0 saturated carbocycles. The number of aliphatic hydroxyl groups excluding tert-OH is 1. The fourth-order valence-electron chi connectivity index (χ4n) is 1.66. The molecule has 2 nitrogen and oxygen atoms in total. The molecule has 1 N–H and O–H groups in total. The predicted molar refractivity (Wildman–Crippen MR) is 66.5 cm³/mol. The Labute approximate surface area is 102 Å². The van der Waals surface area contributed by atoms with Crippen LogP contribution in [0, 0.1) is 17.2 Å². The molecule has 1 aromatic rings. The van der Waals surface area contributed by atoms with E-state index in [1.54, 1.807) is 18.2 Å². The van der Waals surface area contributed by atoms with Crippen LogP contribution in [0.3, 0.4) is 0 Å². The van der Waals surface area contributed by atoms with Crippen LogP contribution in [-0.4, -0.2) is 12.2 Å². The minimum Gasteiger partial charge on any atom is -0.494 e. The van der Waals surface area contributed by atoms with E-state index in [-0.39, 0.29) is 17.1 Å². The summed E-state index contributed by atoms with van der Waals surface area (Å²) in [5, 5.41) is 10.2. The van der Waals surface area contributed by atoms with E-state index in [4.69, 9.17) is 4.74 Å². The van der Waals surface area contributed by atoms with Crippen LogP contribution in [0.4, 0.5) is 4.39 Å². The van der Waals surface area contributed by atoms with Gasteiger partial charge in [-0.3, -0.25) is 0 Å². The van der Waals surface area contributed by atoms with E-state index < -0.39 is 11.9 Å². The van der Waals surface area contributed by atoms with Gasteiger partial charge in [-0.15, -0.1) is 0 Å². The topological polar surface area (TPSA) is 29.5 Å². The molecule has 0 aliphatic carbocycles. The Kier molecular flexibility index (Phi) is 4.15. The number of aliphatic hydroxyl groups is 1. The molecule has 0 aliphatic heterocycles. The largest absolute Gasteiger partial charge is 0.494 e. The second-order valence-corrected chi connectivity index (χ2v) is 5.46. The zero-order chi connectivity index (χ0) is 13.2. The lowest BCUT2D eigenvalue weighted by Gasteiger charge is -2.31. The van der Waals surface area contributed by atoms with Crippen LogP contribution in [0.1, 0.15) is 39.4 Å². The quantitative estimate of drug-likeness (QED) is 0.875. The third-order valence-corrected chi connectivity index (χ3v) is 3.37. The SMILES string of the molecule is COc1cccc(C(O)C(C)C(C)(C)C)c1F. The van der Waals surface area contributed by atoms with Gasteiger partial charge in [0.2, 0.25) is 0 Å². The number of hydrogen-bond acceptors (Lipinski definition) is 2. The average molecular weight is 240 g/mol. The molecule has 0 saturated heterocycles. The molecule has 2 unspecified atom stereocenters. The minimum atomic E-state index is -0.829. The van der Waals surface area contributed by atoms with E-state index in [2.05, 4.69) is 0 Å². The summed E-state index contributed by atoms with van der Waals surface area (Å²) >= 11 is 0. The van der Waals surface area contributed by atoms with E-state index in [9.17, 15) is 9.50 Å². The van der Waals surface area contributed by atoms with E-state index in [1.165, 1.54) is 7.11 Å². The van der Waals surface area contributed by atoms with Crippen LogP contribution in [0.2, 0.25) is 0 Å². The van der Waals surface area contributed by atoms with Crippen LogP contribution >= 0.6 is 0 Å². The Morgan fingerprint density at radius 1 is 1.29 bits per heavy atom. The van der Waals surface area contributed by atoms with Gasteiger partial charge >= 0.3 is 0 Å². The summed E-state index contributed by atoms with van der Waals surface area (Å²) in [5.41, 5.74) is 0.210. The van der Waals surface area contributed by atoms with Crippen molar-refractivity contribution in [1.29, 1.82) is 0 Å². The maximum absolute atomic E-state index is 14.0. The van der Waals surface area contributed by atoms with E-state index >= 15 is 0 Å². The van der Waals surface area contributed by atoms with Crippen molar-refractivity contribution in [3.05, 3.63) is 29.6 Å². The molecule has 2 atom stereocenters. The normalized spacial score (nSPS) is 15.5. The highest BCUT2D eigenvalue weighted by Crippen LogP contribution is 2.38. The first kappa shape index (κ1) is 14.0. The van der Waals surface area contributed by atoms with Crippen molar-refractivity contribution < 1.29 is 14.2 Å². The van der Waals surface area contributed by atoms with Gasteiger partial charge in [0.1, 0.15) is 0 Å². The van der Waals surface area contributed by atoms with Crippen molar-refractivity contribution in [3.8, 4) is 5.75 Å². The fraction of sp³-hybridized carbons (Fsp3) is 0.571. The second-order valence-electron chi connectivity index (χ2n) is 5.46. The van der Waals surface area contributed by atoms with Crippen LogP contribution in [0.5, 0.6) is 5.75 Å². The Bertz CT molecular complexity index is 382. The Balaban J connectivity index is 3.08. The zero-order valence-corrected chi connectivity index (χ0v) is 11.1. The molecule has 1 rings (SSSR count). The maximum atomic E-state index is 14.0. The summed E-state index contributed by atoms with van der Waals surface area (Å²) < 4.78 is 18.9. The fourth-order valence-corrected chi connectivity index (χ4v) is 1.66. The predicted octanol–water partition coefficient (Wildman–Crippen LogP) is 3.55. The van der Waals surface area contributed by atoms with Crippen molar-refractivity contribution in [2.45, 2.75) is 33.8 Å². The molecule has 0 aromatic heterocycles. The number of halogens is 1. The third-order valence-electron chi connectivity index (χ3n) is 3.37. The molecule has 0 aliphatic rings. The molecular weight excluding hydrogens is 219 g/mol. The van der Waals surface area contributed by atoms with Gasteiger partial charge in [-0.1, -0.05) is 39.8 Å². The van der Waals surface area contributed by atoms with E-state index in [1.807, 2.05) is 27.7 Å². The van der Waals surface area contributed by atoms with Crippen molar-refractivity contribution in [2.24, 2.45) is 11.3 Å². The van der Waals surface area contributed by atoms with Crippen molar-refractivity contribution >= 4 is 0 Å². The second kappa shape index (κ2) is 5.05. The van der Waals surface area contributed by atoms with Crippen molar-refractivity contribution in [1.82, 2.24) is 0 Å². The Morgan fingerprint density at radius 2 is 1.88 bits per heavy atom. The molecule has 3 heteroatoms. The van der Waals surface area contributed by atoms with Gasteiger partial charge in [-0.2, -0.15) is 0 Å². The van der Waals surface area contributed by atoms with E-state index in [0.29, 0.717) is 5.56 Å². The highest BCUT2D eigenvalue weighted by Gasteiger charge is 2.30. The first-order valence-electron chi connectivity index (χ1n) is 5.79. The summed E-state index contributed by atoms with van der Waals surface area (Å²) in [6, 6.07) is 4.84. The first-order valence-corrected chi connectivity index (χ1v) is 5.79. The smallest absolute Gasteiger partial charge is 0.170 e. The standard InChI is InChI=1S/C14H21FO2/c1-9(14(2,3)4)13(16)10-7-6-8-11(17-5)12(10)15/h6-9,13,16H,1-5H3. The average Bonchev–Trinajstić information content (AvgIpc) is 2.26. The molecule has 0 heterocycles. The number of benzene rings is 1. The first-order chi connectivity index (χ1) is 7.79. The summed E-state index contributed by atoms with van der Waals surface area (Å²) in [6.45, 7) is 8.00. The number of hydrogen-bond donors (Lipinski definition) is 1. The van der Waals surface area contributed by atoms with Crippen LogP contribution in [0.25, 0.3) is 0 Å². The van der Waals surface area contributed by atoms with Gasteiger partial charge in [0.15, 0.2) is 11.6 Å². The Hall–Kier alpha value is -1.09. The molecule has 17 heavy (non-hydrogen) atoms. The molecule has 0 spiro atoms. The zero-order valence-electron chi connectivity index (χ0n) is 11.1. The molecule has 96 valence electrons. The highest BCUT2D eigenvalue weighted by molar-refractivity contribution is 5.32. The van der Waals surface area contributed by atoms with Gasteiger partial charge < -0.3 is 9.84 Å². The van der Waals surface area contributed by atoms with Gasteiger partial charge in [-0.05, 0) is 17.4 Å². The van der Waals surface area contributed by atoms with Crippen LogP contribution in [0.15, 0.2) is 18.2 Å². The maximum Gasteiger partial charge on any atom is 0.170 e. The van der Waals surface area contributed by atoms with Gasteiger partial charge in [0.25, 0.3) is 0 Å². The molecular formula is C14H21FO2. The molecule has 0 amide bonds. The summed E-state index contributed by atoms with van der Waals surface area (Å²) in [4.78, 5) is 0. The van der Waals surface area contributed by atoms with Crippen molar-refractivity contribution in [2.75, 3.05) is 7.11 Å². The monoisotopic (exact) mass is 240 g/mol. The lowest BCUT2D eigenvalue weighted by Crippen LogP contribution is -2.24. The van der Waals surface area contributed by atoms with Gasteiger partial charge in [0.05, 0.1) is 13.2 Å². The lowest BCUT2D eigenvalue weighted by molar-refractivity contribution is 0.0505. The number of ether oxygens (including phenoxy) is 1. The summed E-state index contributed by atoms with van der Waals surface area (Å²) in [6.07, 6.45) is -0.829. The Morgan fingerprint density at radius 3 is 2.35 bits per heavy atom.